The molecule has 0 saturated carbocycles. The molecular weight excluding hydrogens is 198 g/mol. The molecule has 0 aliphatic carbocycles. The largest absolute Gasteiger partial charge is 0.371 e. The average molecular weight is 219 g/mol. The number of piperidine rings is 1. The molecule has 1 aliphatic rings. The van der Waals surface area contributed by atoms with E-state index >= 15 is 0 Å². The van der Waals surface area contributed by atoms with Crippen LogP contribution in [-0.4, -0.2) is 17.4 Å². The van der Waals surface area contributed by atoms with Crippen molar-refractivity contribution < 1.29 is 5.11 Å². The number of benzene rings is 1. The number of rotatable bonds is 3. The standard InChI is InChI=1S/C14H21NO/c1-2-10-14(16)11-6-7-12-15(14)13-8-4-3-5-9-13/h3-5,8-9,16H,2,6-7,10-12H2,1H3. The van der Waals surface area contributed by atoms with Crippen LogP contribution in [0.5, 0.6) is 0 Å². The minimum Gasteiger partial charge on any atom is -0.371 e. The third kappa shape index (κ3) is 2.22. The van der Waals surface area contributed by atoms with E-state index in [1.54, 1.807) is 0 Å². The molecule has 1 fully saturated rings. The Morgan fingerprint density at radius 1 is 1.25 bits per heavy atom. The smallest absolute Gasteiger partial charge is 0.137 e. The van der Waals surface area contributed by atoms with Crippen LogP contribution in [0, 0.1) is 0 Å². The second-order valence-corrected chi connectivity index (χ2v) is 4.68. The van der Waals surface area contributed by atoms with E-state index in [0.29, 0.717) is 0 Å². The molecule has 1 saturated heterocycles. The van der Waals surface area contributed by atoms with Crippen LogP contribution in [-0.2, 0) is 0 Å². The van der Waals surface area contributed by atoms with Gasteiger partial charge in [0.05, 0.1) is 0 Å². The lowest BCUT2D eigenvalue weighted by atomic mass is 9.93. The van der Waals surface area contributed by atoms with E-state index in [1.807, 2.05) is 18.2 Å². The van der Waals surface area contributed by atoms with Crippen LogP contribution in [0.2, 0.25) is 0 Å². The molecule has 0 radical (unpaired) electrons. The van der Waals surface area contributed by atoms with Crippen molar-refractivity contribution in [2.45, 2.75) is 44.8 Å². The van der Waals surface area contributed by atoms with Crippen LogP contribution < -0.4 is 4.90 Å². The number of aliphatic hydroxyl groups is 1. The molecule has 0 aromatic heterocycles. The summed E-state index contributed by atoms with van der Waals surface area (Å²) in [5.74, 6) is 0. The fraction of sp³-hybridized carbons (Fsp3) is 0.571. The summed E-state index contributed by atoms with van der Waals surface area (Å²) in [6.07, 6.45) is 5.11. The first-order valence-corrected chi connectivity index (χ1v) is 6.31. The Morgan fingerprint density at radius 2 is 2.00 bits per heavy atom. The van der Waals surface area contributed by atoms with Gasteiger partial charge in [-0.1, -0.05) is 31.5 Å². The average Bonchev–Trinajstić information content (AvgIpc) is 2.31. The van der Waals surface area contributed by atoms with Gasteiger partial charge < -0.3 is 10.0 Å². The Morgan fingerprint density at radius 3 is 2.69 bits per heavy atom. The Balaban J connectivity index is 2.23. The van der Waals surface area contributed by atoms with E-state index in [9.17, 15) is 5.11 Å². The topological polar surface area (TPSA) is 23.5 Å². The molecule has 16 heavy (non-hydrogen) atoms. The lowest BCUT2D eigenvalue weighted by molar-refractivity contribution is 0.00434. The summed E-state index contributed by atoms with van der Waals surface area (Å²) in [4.78, 5) is 2.18. The highest BCUT2D eigenvalue weighted by atomic mass is 16.3. The van der Waals surface area contributed by atoms with Crippen molar-refractivity contribution in [3.63, 3.8) is 0 Å². The second kappa shape index (κ2) is 4.88. The molecule has 0 amide bonds. The van der Waals surface area contributed by atoms with Crippen molar-refractivity contribution in [3.8, 4) is 0 Å². The number of hydrogen-bond acceptors (Lipinski definition) is 2. The molecule has 1 aromatic carbocycles. The molecule has 1 unspecified atom stereocenters. The van der Waals surface area contributed by atoms with Gasteiger partial charge in [-0.2, -0.15) is 0 Å². The van der Waals surface area contributed by atoms with Crippen molar-refractivity contribution in [2.75, 3.05) is 11.4 Å². The fourth-order valence-corrected chi connectivity index (χ4v) is 2.66. The van der Waals surface area contributed by atoms with Crippen molar-refractivity contribution in [2.24, 2.45) is 0 Å². The van der Waals surface area contributed by atoms with Crippen molar-refractivity contribution in [1.82, 2.24) is 0 Å². The van der Waals surface area contributed by atoms with E-state index < -0.39 is 5.72 Å². The second-order valence-electron chi connectivity index (χ2n) is 4.68. The fourth-order valence-electron chi connectivity index (χ4n) is 2.66. The first-order valence-electron chi connectivity index (χ1n) is 6.31. The maximum atomic E-state index is 10.7. The maximum Gasteiger partial charge on any atom is 0.137 e. The Bertz CT molecular complexity index is 321. The zero-order valence-electron chi connectivity index (χ0n) is 10.0. The minimum absolute atomic E-state index is 0.617. The van der Waals surface area contributed by atoms with E-state index in [0.717, 1.165) is 37.9 Å². The van der Waals surface area contributed by atoms with Crippen LogP contribution in [0.4, 0.5) is 5.69 Å². The highest BCUT2D eigenvalue weighted by molar-refractivity contribution is 5.48. The SMILES string of the molecule is CCCC1(O)CCCCN1c1ccccc1. The molecule has 2 heteroatoms. The van der Waals surface area contributed by atoms with Gasteiger partial charge in [-0.25, -0.2) is 0 Å². The highest BCUT2D eigenvalue weighted by Gasteiger charge is 2.35. The molecule has 1 heterocycles. The number of hydrogen-bond donors (Lipinski definition) is 1. The third-order valence-electron chi connectivity index (χ3n) is 3.43. The van der Waals surface area contributed by atoms with Crippen molar-refractivity contribution in [3.05, 3.63) is 30.3 Å². The lowest BCUT2D eigenvalue weighted by Gasteiger charge is -2.45. The van der Waals surface area contributed by atoms with Gasteiger partial charge >= 0.3 is 0 Å². The van der Waals surface area contributed by atoms with Crippen LogP contribution in [0.3, 0.4) is 0 Å². The predicted molar refractivity (Wildman–Crippen MR) is 67.5 cm³/mol. The summed E-state index contributed by atoms with van der Waals surface area (Å²) < 4.78 is 0. The van der Waals surface area contributed by atoms with Gasteiger partial charge in [0, 0.05) is 12.2 Å². The van der Waals surface area contributed by atoms with Crippen LogP contribution in [0.25, 0.3) is 0 Å². The summed E-state index contributed by atoms with van der Waals surface area (Å²) in [6.45, 7) is 3.11. The van der Waals surface area contributed by atoms with Gasteiger partial charge in [0.25, 0.3) is 0 Å². The summed E-state index contributed by atoms with van der Waals surface area (Å²) in [6, 6.07) is 10.3. The first kappa shape index (κ1) is 11.5. The summed E-state index contributed by atoms with van der Waals surface area (Å²) >= 11 is 0. The monoisotopic (exact) mass is 219 g/mol. The third-order valence-corrected chi connectivity index (χ3v) is 3.43. The number of para-hydroxylation sites is 1. The summed E-state index contributed by atoms with van der Waals surface area (Å²) in [5, 5.41) is 10.7. The Hall–Kier alpha value is -1.02. The molecular formula is C14H21NO. The van der Waals surface area contributed by atoms with Crippen molar-refractivity contribution in [1.29, 1.82) is 0 Å². The molecule has 0 bridgehead atoms. The normalized spacial score (nSPS) is 25.8. The Labute approximate surface area is 97.9 Å². The van der Waals surface area contributed by atoms with E-state index in [-0.39, 0.29) is 0 Å². The van der Waals surface area contributed by atoms with Crippen LogP contribution in [0.15, 0.2) is 30.3 Å². The molecule has 0 spiro atoms. The van der Waals surface area contributed by atoms with Gasteiger partial charge in [-0.05, 0) is 37.8 Å². The molecule has 2 rings (SSSR count). The quantitative estimate of drug-likeness (QED) is 0.844. The molecule has 1 N–H and O–H groups in total. The van der Waals surface area contributed by atoms with Gasteiger partial charge in [0.2, 0.25) is 0 Å². The maximum absolute atomic E-state index is 10.7. The molecule has 1 atom stereocenters. The van der Waals surface area contributed by atoms with Crippen LogP contribution in [0.1, 0.15) is 39.0 Å². The zero-order chi connectivity index (χ0) is 11.4. The van der Waals surface area contributed by atoms with E-state index in [1.165, 1.54) is 6.42 Å². The highest BCUT2D eigenvalue weighted by Crippen LogP contribution is 2.34. The van der Waals surface area contributed by atoms with Gasteiger partial charge in [-0.15, -0.1) is 0 Å². The van der Waals surface area contributed by atoms with Gasteiger partial charge in [0.1, 0.15) is 5.72 Å². The van der Waals surface area contributed by atoms with Gasteiger partial charge in [-0.3, -0.25) is 0 Å². The zero-order valence-corrected chi connectivity index (χ0v) is 10.0. The van der Waals surface area contributed by atoms with Crippen LogP contribution >= 0.6 is 0 Å². The number of anilines is 1. The molecule has 88 valence electrons. The van der Waals surface area contributed by atoms with E-state index in [2.05, 4.69) is 24.0 Å². The predicted octanol–water partition coefficient (Wildman–Crippen LogP) is 3.17. The van der Waals surface area contributed by atoms with Crippen molar-refractivity contribution >= 4 is 5.69 Å². The first-order chi connectivity index (χ1) is 7.76. The summed E-state index contributed by atoms with van der Waals surface area (Å²) in [7, 11) is 0. The minimum atomic E-state index is -0.617. The summed E-state index contributed by atoms with van der Waals surface area (Å²) in [5.41, 5.74) is 0.534. The Kier molecular flexibility index (Phi) is 3.49. The molecule has 1 aromatic rings. The van der Waals surface area contributed by atoms with Gasteiger partial charge in [0.15, 0.2) is 0 Å². The van der Waals surface area contributed by atoms with E-state index in [4.69, 9.17) is 0 Å². The lowest BCUT2D eigenvalue weighted by Crippen LogP contribution is -2.52. The molecule has 1 aliphatic heterocycles. The number of nitrogens with zero attached hydrogens (tertiary/aromatic N) is 1. The molecule has 2 nitrogen and oxygen atoms in total.